The van der Waals surface area contributed by atoms with Gasteiger partial charge in [0, 0.05) is 23.9 Å². The standard InChI is InChI=1S/C13H15N5O/c1-13(2)6-16-11(19)7-5-9(17-10(7)13)8-3-4-15-12(14)18-8/h3-5,17H,6H2,1-2H3,(H,16,19)(H2,14,15,18). The molecule has 0 atom stereocenters. The zero-order valence-electron chi connectivity index (χ0n) is 10.8. The Bertz CT molecular complexity index is 659. The van der Waals surface area contributed by atoms with Crippen LogP contribution in [-0.4, -0.2) is 27.4 Å². The fraction of sp³-hybridized carbons (Fsp3) is 0.308. The van der Waals surface area contributed by atoms with Gasteiger partial charge in [0.15, 0.2) is 0 Å². The fourth-order valence-corrected chi connectivity index (χ4v) is 2.31. The molecular weight excluding hydrogens is 242 g/mol. The molecule has 6 nitrogen and oxygen atoms in total. The number of rotatable bonds is 1. The number of amides is 1. The molecule has 0 aliphatic carbocycles. The van der Waals surface area contributed by atoms with Crippen molar-refractivity contribution in [2.24, 2.45) is 0 Å². The van der Waals surface area contributed by atoms with Gasteiger partial charge in [-0.2, -0.15) is 0 Å². The average molecular weight is 257 g/mol. The third-order valence-electron chi connectivity index (χ3n) is 3.38. The van der Waals surface area contributed by atoms with E-state index in [1.807, 2.05) is 6.07 Å². The minimum Gasteiger partial charge on any atom is -0.368 e. The van der Waals surface area contributed by atoms with Crippen LogP contribution >= 0.6 is 0 Å². The number of carbonyl (C=O) groups excluding carboxylic acids is 1. The topological polar surface area (TPSA) is 96.7 Å². The summed E-state index contributed by atoms with van der Waals surface area (Å²) in [6, 6.07) is 3.58. The third kappa shape index (κ3) is 1.85. The van der Waals surface area contributed by atoms with Crippen LogP contribution in [-0.2, 0) is 5.41 Å². The summed E-state index contributed by atoms with van der Waals surface area (Å²) in [5.74, 6) is 0.160. The Labute approximate surface area is 110 Å². The molecule has 98 valence electrons. The highest BCUT2D eigenvalue weighted by molar-refractivity contribution is 5.98. The van der Waals surface area contributed by atoms with E-state index in [4.69, 9.17) is 5.73 Å². The molecule has 0 saturated heterocycles. The molecule has 19 heavy (non-hydrogen) atoms. The summed E-state index contributed by atoms with van der Waals surface area (Å²) >= 11 is 0. The third-order valence-corrected chi connectivity index (χ3v) is 3.38. The minimum atomic E-state index is -0.125. The number of anilines is 1. The molecule has 0 bridgehead atoms. The highest BCUT2D eigenvalue weighted by Crippen LogP contribution is 2.32. The van der Waals surface area contributed by atoms with Crippen molar-refractivity contribution in [2.75, 3.05) is 12.3 Å². The number of hydrogen-bond donors (Lipinski definition) is 3. The first-order valence-electron chi connectivity index (χ1n) is 6.08. The summed E-state index contributed by atoms with van der Waals surface area (Å²) in [6.07, 6.45) is 1.60. The molecule has 0 radical (unpaired) electrons. The summed E-state index contributed by atoms with van der Waals surface area (Å²) in [5.41, 5.74) is 8.53. The molecule has 2 aromatic rings. The first-order chi connectivity index (χ1) is 8.97. The zero-order valence-corrected chi connectivity index (χ0v) is 10.8. The number of aromatic nitrogens is 3. The van der Waals surface area contributed by atoms with Gasteiger partial charge in [-0.15, -0.1) is 0 Å². The lowest BCUT2D eigenvalue weighted by Crippen LogP contribution is -2.43. The van der Waals surface area contributed by atoms with Crippen LogP contribution in [0.2, 0.25) is 0 Å². The van der Waals surface area contributed by atoms with Gasteiger partial charge in [-0.25, -0.2) is 9.97 Å². The van der Waals surface area contributed by atoms with Gasteiger partial charge in [0.2, 0.25) is 5.95 Å². The normalized spacial score (nSPS) is 16.8. The first kappa shape index (κ1) is 11.7. The molecule has 0 spiro atoms. The van der Waals surface area contributed by atoms with Crippen molar-refractivity contribution in [2.45, 2.75) is 19.3 Å². The van der Waals surface area contributed by atoms with Crippen molar-refractivity contribution in [3.8, 4) is 11.4 Å². The van der Waals surface area contributed by atoms with Crippen molar-refractivity contribution in [3.63, 3.8) is 0 Å². The van der Waals surface area contributed by atoms with Crippen molar-refractivity contribution >= 4 is 11.9 Å². The maximum Gasteiger partial charge on any atom is 0.253 e. The van der Waals surface area contributed by atoms with Crippen LogP contribution in [0.4, 0.5) is 5.95 Å². The van der Waals surface area contributed by atoms with E-state index in [-0.39, 0.29) is 17.3 Å². The number of carbonyl (C=O) groups is 1. The van der Waals surface area contributed by atoms with Crippen molar-refractivity contribution in [3.05, 3.63) is 29.6 Å². The van der Waals surface area contributed by atoms with E-state index in [2.05, 4.69) is 34.1 Å². The summed E-state index contributed by atoms with van der Waals surface area (Å²) in [5, 5.41) is 2.89. The molecule has 0 fully saturated rings. The number of hydrogen-bond acceptors (Lipinski definition) is 4. The van der Waals surface area contributed by atoms with Crippen molar-refractivity contribution < 1.29 is 4.79 Å². The number of H-pyrrole nitrogens is 1. The number of nitrogens with zero attached hydrogens (tertiary/aromatic N) is 2. The quantitative estimate of drug-likeness (QED) is 0.712. The van der Waals surface area contributed by atoms with Crippen LogP contribution in [0.5, 0.6) is 0 Å². The van der Waals surface area contributed by atoms with Crippen LogP contribution in [0.15, 0.2) is 18.3 Å². The van der Waals surface area contributed by atoms with E-state index < -0.39 is 0 Å². The molecule has 1 aliphatic rings. The molecule has 3 heterocycles. The maximum atomic E-state index is 11.9. The Hall–Kier alpha value is -2.37. The Balaban J connectivity index is 2.14. The Morgan fingerprint density at radius 2 is 2.21 bits per heavy atom. The number of aromatic amines is 1. The highest BCUT2D eigenvalue weighted by atomic mass is 16.1. The van der Waals surface area contributed by atoms with Gasteiger partial charge in [0.25, 0.3) is 5.91 Å². The van der Waals surface area contributed by atoms with E-state index >= 15 is 0 Å². The molecule has 0 saturated carbocycles. The second-order valence-corrected chi connectivity index (χ2v) is 5.34. The predicted octanol–water partition coefficient (Wildman–Crippen LogP) is 1.07. The number of nitrogens with one attached hydrogen (secondary N) is 2. The van der Waals surface area contributed by atoms with Crippen LogP contribution in [0.3, 0.4) is 0 Å². The molecule has 1 aliphatic heterocycles. The van der Waals surface area contributed by atoms with Crippen LogP contribution < -0.4 is 11.1 Å². The lowest BCUT2D eigenvalue weighted by Gasteiger charge is -2.29. The number of nitrogen functional groups attached to an aromatic ring is 1. The molecule has 0 unspecified atom stereocenters. The summed E-state index contributed by atoms with van der Waals surface area (Å²) < 4.78 is 0. The van der Waals surface area contributed by atoms with Crippen LogP contribution in [0.25, 0.3) is 11.4 Å². The van der Waals surface area contributed by atoms with Crippen molar-refractivity contribution in [1.82, 2.24) is 20.3 Å². The van der Waals surface area contributed by atoms with Crippen molar-refractivity contribution in [1.29, 1.82) is 0 Å². The van der Waals surface area contributed by atoms with Gasteiger partial charge in [0.05, 0.1) is 17.0 Å². The summed E-state index contributed by atoms with van der Waals surface area (Å²) in [4.78, 5) is 23.2. The monoisotopic (exact) mass is 257 g/mol. The van der Waals surface area contributed by atoms with E-state index in [9.17, 15) is 4.79 Å². The molecule has 3 rings (SSSR count). The molecule has 1 amide bonds. The van der Waals surface area contributed by atoms with Gasteiger partial charge in [-0.05, 0) is 12.1 Å². The fourth-order valence-electron chi connectivity index (χ4n) is 2.31. The SMILES string of the molecule is CC1(C)CNC(=O)c2cc(-c3ccnc(N)n3)[nH]c21. The summed E-state index contributed by atoms with van der Waals surface area (Å²) in [6.45, 7) is 4.78. The lowest BCUT2D eigenvalue weighted by atomic mass is 9.84. The van der Waals surface area contributed by atoms with Gasteiger partial charge in [-0.3, -0.25) is 4.79 Å². The second-order valence-electron chi connectivity index (χ2n) is 5.34. The number of nitrogens with two attached hydrogens (primary N) is 1. The molecule has 0 aromatic carbocycles. The second kappa shape index (κ2) is 3.81. The van der Waals surface area contributed by atoms with Crippen LogP contribution in [0, 0.1) is 0 Å². The van der Waals surface area contributed by atoms with E-state index in [1.54, 1.807) is 12.3 Å². The van der Waals surface area contributed by atoms with Gasteiger partial charge < -0.3 is 16.0 Å². The average Bonchev–Trinajstić information content (AvgIpc) is 2.81. The molecular formula is C13H15N5O. The Kier molecular flexibility index (Phi) is 2.35. The molecule has 2 aromatic heterocycles. The smallest absolute Gasteiger partial charge is 0.253 e. The van der Waals surface area contributed by atoms with Gasteiger partial charge >= 0.3 is 0 Å². The van der Waals surface area contributed by atoms with E-state index in [0.29, 0.717) is 17.8 Å². The van der Waals surface area contributed by atoms with E-state index in [1.165, 1.54) is 0 Å². The highest BCUT2D eigenvalue weighted by Gasteiger charge is 2.33. The lowest BCUT2D eigenvalue weighted by molar-refractivity contribution is 0.0929. The Morgan fingerprint density at radius 3 is 2.89 bits per heavy atom. The van der Waals surface area contributed by atoms with E-state index in [0.717, 1.165) is 11.4 Å². The first-order valence-corrected chi connectivity index (χ1v) is 6.08. The Morgan fingerprint density at radius 1 is 1.42 bits per heavy atom. The van der Waals surface area contributed by atoms with Crippen LogP contribution in [0.1, 0.15) is 29.9 Å². The largest absolute Gasteiger partial charge is 0.368 e. The van der Waals surface area contributed by atoms with Gasteiger partial charge in [0.1, 0.15) is 0 Å². The molecule has 4 N–H and O–H groups in total. The summed E-state index contributed by atoms with van der Waals surface area (Å²) in [7, 11) is 0. The maximum absolute atomic E-state index is 11.9. The molecule has 6 heteroatoms. The minimum absolute atomic E-state index is 0.0566. The van der Waals surface area contributed by atoms with Gasteiger partial charge in [-0.1, -0.05) is 13.8 Å². The predicted molar refractivity (Wildman–Crippen MR) is 71.6 cm³/mol. The number of fused-ring (bicyclic) bond motifs is 1. The zero-order chi connectivity index (χ0) is 13.6.